The molecule has 0 aromatic rings. The Morgan fingerprint density at radius 3 is 2.70 bits per heavy atom. The summed E-state index contributed by atoms with van der Waals surface area (Å²) in [6, 6.07) is 0. The third-order valence-electron chi connectivity index (χ3n) is 1.25. The standard InChI is InChI=1S/C8H6O2/c1-6-3-2-4-7(5-9)8(6)10/h2-5H,1H2. The smallest absolute Gasteiger partial charge is 0.195 e. The lowest BCUT2D eigenvalue weighted by atomic mass is 10.0. The van der Waals surface area contributed by atoms with Crippen molar-refractivity contribution in [2.24, 2.45) is 0 Å². The van der Waals surface area contributed by atoms with Gasteiger partial charge in [0.1, 0.15) is 0 Å². The molecule has 2 nitrogen and oxygen atoms in total. The lowest BCUT2D eigenvalue weighted by Crippen LogP contribution is -2.07. The summed E-state index contributed by atoms with van der Waals surface area (Å²) in [5, 5.41) is 0. The third-order valence-corrected chi connectivity index (χ3v) is 1.25. The fourth-order valence-corrected chi connectivity index (χ4v) is 0.698. The molecule has 0 atom stereocenters. The number of carbonyl (C=O) groups is 2. The van der Waals surface area contributed by atoms with E-state index in [4.69, 9.17) is 0 Å². The van der Waals surface area contributed by atoms with E-state index >= 15 is 0 Å². The SMILES string of the molecule is C=C1C=CC=C(C=O)C1=O. The number of allylic oxidation sites excluding steroid dienone is 5. The lowest BCUT2D eigenvalue weighted by molar-refractivity contribution is -0.114. The van der Waals surface area contributed by atoms with Gasteiger partial charge >= 0.3 is 0 Å². The van der Waals surface area contributed by atoms with Crippen LogP contribution in [-0.2, 0) is 9.59 Å². The highest BCUT2D eigenvalue weighted by Gasteiger charge is 2.11. The van der Waals surface area contributed by atoms with Gasteiger partial charge in [-0.25, -0.2) is 0 Å². The highest BCUT2D eigenvalue weighted by molar-refractivity contribution is 6.21. The maximum atomic E-state index is 10.9. The summed E-state index contributed by atoms with van der Waals surface area (Å²) in [6.07, 6.45) is 5.23. The van der Waals surface area contributed by atoms with E-state index < -0.39 is 0 Å². The highest BCUT2D eigenvalue weighted by atomic mass is 16.1. The summed E-state index contributed by atoms with van der Waals surface area (Å²) in [5.41, 5.74) is 0.539. The Hall–Kier alpha value is -1.44. The Bertz CT molecular complexity index is 256. The highest BCUT2D eigenvalue weighted by Crippen LogP contribution is 2.09. The second-order valence-electron chi connectivity index (χ2n) is 1.95. The maximum Gasteiger partial charge on any atom is 0.195 e. The molecule has 0 aliphatic heterocycles. The molecule has 1 aliphatic carbocycles. The number of rotatable bonds is 1. The fraction of sp³-hybridized carbons (Fsp3) is 0. The fourth-order valence-electron chi connectivity index (χ4n) is 0.698. The molecule has 0 saturated heterocycles. The molecule has 0 spiro atoms. The largest absolute Gasteiger partial charge is 0.298 e. The van der Waals surface area contributed by atoms with E-state index in [-0.39, 0.29) is 11.4 Å². The van der Waals surface area contributed by atoms with Gasteiger partial charge in [-0.3, -0.25) is 9.59 Å². The van der Waals surface area contributed by atoms with E-state index in [2.05, 4.69) is 6.58 Å². The van der Waals surface area contributed by atoms with Gasteiger partial charge in [0.25, 0.3) is 0 Å². The maximum absolute atomic E-state index is 10.9. The second kappa shape index (κ2) is 2.43. The number of Topliss-reactive ketones (excluding diaryl/α,β-unsaturated/α-hetero) is 1. The van der Waals surface area contributed by atoms with Crippen LogP contribution in [-0.4, -0.2) is 12.1 Å². The first-order chi connectivity index (χ1) is 4.75. The molecule has 10 heavy (non-hydrogen) atoms. The van der Waals surface area contributed by atoms with Crippen molar-refractivity contribution < 1.29 is 9.59 Å². The van der Waals surface area contributed by atoms with Crippen molar-refractivity contribution in [3.63, 3.8) is 0 Å². The average Bonchev–Trinajstić information content (AvgIpc) is 1.95. The van der Waals surface area contributed by atoms with Crippen LogP contribution in [0.4, 0.5) is 0 Å². The zero-order chi connectivity index (χ0) is 7.56. The monoisotopic (exact) mass is 134 g/mol. The number of ketones is 1. The molecule has 0 saturated carbocycles. The molecule has 2 heteroatoms. The van der Waals surface area contributed by atoms with Crippen LogP contribution < -0.4 is 0 Å². The molecular formula is C8H6O2. The summed E-state index contributed by atoms with van der Waals surface area (Å²) in [4.78, 5) is 21.1. The Morgan fingerprint density at radius 1 is 1.50 bits per heavy atom. The quantitative estimate of drug-likeness (QED) is 0.302. The van der Waals surface area contributed by atoms with Gasteiger partial charge in [-0.2, -0.15) is 0 Å². The molecule has 0 aromatic carbocycles. The molecule has 0 unspecified atom stereocenters. The lowest BCUT2D eigenvalue weighted by Gasteiger charge is -2.01. The van der Waals surface area contributed by atoms with Gasteiger partial charge in [0.2, 0.25) is 0 Å². The van der Waals surface area contributed by atoms with Crippen LogP contribution in [0, 0.1) is 0 Å². The van der Waals surface area contributed by atoms with Gasteiger partial charge in [-0.05, 0) is 6.08 Å². The van der Waals surface area contributed by atoms with Gasteiger partial charge in [-0.1, -0.05) is 18.7 Å². The minimum atomic E-state index is -0.280. The minimum Gasteiger partial charge on any atom is -0.298 e. The molecule has 1 aliphatic rings. The van der Waals surface area contributed by atoms with E-state index in [0.29, 0.717) is 11.9 Å². The summed E-state index contributed by atoms with van der Waals surface area (Å²) >= 11 is 0. The summed E-state index contributed by atoms with van der Waals surface area (Å²) < 4.78 is 0. The predicted molar refractivity (Wildman–Crippen MR) is 37.4 cm³/mol. The van der Waals surface area contributed by atoms with Crippen molar-refractivity contribution in [3.8, 4) is 0 Å². The Balaban J connectivity index is 3.03. The molecule has 0 N–H and O–H groups in total. The minimum absolute atomic E-state index is 0.174. The number of aldehydes is 1. The summed E-state index contributed by atoms with van der Waals surface area (Å²) in [6.45, 7) is 3.46. The first-order valence-corrected chi connectivity index (χ1v) is 2.83. The summed E-state index contributed by atoms with van der Waals surface area (Å²) in [5.74, 6) is -0.280. The molecule has 0 radical (unpaired) electrons. The van der Waals surface area contributed by atoms with E-state index in [1.54, 1.807) is 12.2 Å². The topological polar surface area (TPSA) is 34.1 Å². The van der Waals surface area contributed by atoms with Crippen molar-refractivity contribution in [3.05, 3.63) is 36.0 Å². The first kappa shape index (κ1) is 6.68. The molecular weight excluding hydrogens is 128 g/mol. The van der Waals surface area contributed by atoms with Crippen LogP contribution in [0.1, 0.15) is 0 Å². The average molecular weight is 134 g/mol. The van der Waals surface area contributed by atoms with Crippen LogP contribution in [0.3, 0.4) is 0 Å². The van der Waals surface area contributed by atoms with Gasteiger partial charge in [0, 0.05) is 5.57 Å². The zero-order valence-corrected chi connectivity index (χ0v) is 5.33. The Labute approximate surface area is 58.5 Å². The van der Waals surface area contributed by atoms with Crippen molar-refractivity contribution in [1.29, 1.82) is 0 Å². The van der Waals surface area contributed by atoms with Gasteiger partial charge in [-0.15, -0.1) is 0 Å². The molecule has 0 fully saturated rings. The number of carbonyl (C=O) groups excluding carboxylic acids is 2. The number of hydrogen-bond acceptors (Lipinski definition) is 2. The molecule has 0 heterocycles. The van der Waals surface area contributed by atoms with E-state index in [0.717, 1.165) is 0 Å². The van der Waals surface area contributed by atoms with Crippen LogP contribution in [0.5, 0.6) is 0 Å². The molecule has 50 valence electrons. The van der Waals surface area contributed by atoms with Crippen LogP contribution in [0.15, 0.2) is 36.0 Å². The van der Waals surface area contributed by atoms with Gasteiger partial charge in [0.15, 0.2) is 12.1 Å². The van der Waals surface area contributed by atoms with Crippen molar-refractivity contribution >= 4 is 12.1 Å². The van der Waals surface area contributed by atoms with E-state index in [1.165, 1.54) is 6.08 Å². The molecule has 0 bridgehead atoms. The summed E-state index contributed by atoms with van der Waals surface area (Å²) in [7, 11) is 0. The van der Waals surface area contributed by atoms with Crippen molar-refractivity contribution in [2.45, 2.75) is 0 Å². The van der Waals surface area contributed by atoms with Crippen molar-refractivity contribution in [1.82, 2.24) is 0 Å². The molecule has 0 amide bonds. The van der Waals surface area contributed by atoms with Gasteiger partial charge < -0.3 is 0 Å². The number of hydrogen-bond donors (Lipinski definition) is 0. The zero-order valence-electron chi connectivity index (χ0n) is 5.33. The third kappa shape index (κ3) is 0.957. The van der Waals surface area contributed by atoms with Crippen LogP contribution in [0.25, 0.3) is 0 Å². The predicted octanol–water partition coefficient (Wildman–Crippen LogP) is 0.807. The van der Waals surface area contributed by atoms with Gasteiger partial charge in [0.05, 0.1) is 5.57 Å². The molecule has 0 aromatic heterocycles. The van der Waals surface area contributed by atoms with Crippen molar-refractivity contribution in [2.75, 3.05) is 0 Å². The Morgan fingerprint density at radius 2 is 2.20 bits per heavy atom. The normalized spacial score (nSPS) is 17.0. The molecule has 1 rings (SSSR count). The van der Waals surface area contributed by atoms with E-state index in [9.17, 15) is 9.59 Å². The second-order valence-corrected chi connectivity index (χ2v) is 1.95. The van der Waals surface area contributed by atoms with Crippen LogP contribution in [0.2, 0.25) is 0 Å². The van der Waals surface area contributed by atoms with E-state index in [1.807, 2.05) is 0 Å². The van der Waals surface area contributed by atoms with Crippen LogP contribution >= 0.6 is 0 Å². The Kier molecular flexibility index (Phi) is 1.63. The first-order valence-electron chi connectivity index (χ1n) is 2.83.